The van der Waals surface area contributed by atoms with Crippen molar-refractivity contribution in [2.45, 2.75) is 33.2 Å². The minimum atomic E-state index is -0.413. The van der Waals surface area contributed by atoms with E-state index in [1.807, 2.05) is 53.9 Å². The van der Waals surface area contributed by atoms with E-state index in [4.69, 9.17) is 0 Å². The lowest BCUT2D eigenvalue weighted by molar-refractivity contribution is -0.122. The maximum atomic E-state index is 12.8. The number of anilines is 2. The quantitative estimate of drug-likeness (QED) is 0.555. The summed E-state index contributed by atoms with van der Waals surface area (Å²) in [6.07, 6.45) is 1.13. The Labute approximate surface area is 196 Å². The van der Waals surface area contributed by atoms with E-state index in [0.717, 1.165) is 28.9 Å². The van der Waals surface area contributed by atoms with Crippen LogP contribution in [0.5, 0.6) is 0 Å². The molecule has 0 spiro atoms. The molecule has 0 saturated carbocycles. The second-order valence-corrected chi connectivity index (χ2v) is 8.92. The average molecular weight is 463 g/mol. The van der Waals surface area contributed by atoms with E-state index < -0.39 is 5.92 Å². The van der Waals surface area contributed by atoms with Gasteiger partial charge in [0.15, 0.2) is 5.13 Å². The first-order chi connectivity index (χ1) is 15.9. The van der Waals surface area contributed by atoms with Gasteiger partial charge in [0.25, 0.3) is 0 Å². The van der Waals surface area contributed by atoms with Gasteiger partial charge in [0.1, 0.15) is 0 Å². The molecule has 3 aromatic rings. The SMILES string of the molecule is CCc1ccc(N2CC(C(=O)Nc3nc(-c4ccc(CNC(C)=O)cc4)cs3)CC2=O)cc1. The highest BCUT2D eigenvalue weighted by molar-refractivity contribution is 7.14. The van der Waals surface area contributed by atoms with E-state index in [1.165, 1.54) is 23.8 Å². The summed E-state index contributed by atoms with van der Waals surface area (Å²) in [5.74, 6) is -0.717. The molecule has 33 heavy (non-hydrogen) atoms. The fraction of sp³-hybridized carbons (Fsp3) is 0.280. The summed E-state index contributed by atoms with van der Waals surface area (Å²) < 4.78 is 0. The number of nitrogens with one attached hydrogen (secondary N) is 2. The molecular formula is C25H26N4O3S. The largest absolute Gasteiger partial charge is 0.352 e. The molecule has 1 fully saturated rings. The van der Waals surface area contributed by atoms with Gasteiger partial charge in [0, 0.05) is 43.1 Å². The van der Waals surface area contributed by atoms with Crippen LogP contribution in [0.3, 0.4) is 0 Å². The van der Waals surface area contributed by atoms with Gasteiger partial charge in [-0.2, -0.15) is 0 Å². The van der Waals surface area contributed by atoms with Crippen molar-refractivity contribution in [2.75, 3.05) is 16.8 Å². The maximum Gasteiger partial charge on any atom is 0.231 e. The van der Waals surface area contributed by atoms with Crippen LogP contribution in [0.25, 0.3) is 11.3 Å². The third-order valence-electron chi connectivity index (χ3n) is 5.68. The highest BCUT2D eigenvalue weighted by atomic mass is 32.1. The number of benzene rings is 2. The van der Waals surface area contributed by atoms with Crippen molar-refractivity contribution in [1.29, 1.82) is 0 Å². The van der Waals surface area contributed by atoms with Gasteiger partial charge in [0.2, 0.25) is 17.7 Å². The zero-order valence-electron chi connectivity index (χ0n) is 18.6. The maximum absolute atomic E-state index is 12.8. The summed E-state index contributed by atoms with van der Waals surface area (Å²) in [6.45, 7) is 4.42. The molecule has 1 unspecified atom stereocenters. The molecule has 1 aliphatic rings. The Morgan fingerprint density at radius 1 is 1.09 bits per heavy atom. The Hall–Kier alpha value is -3.52. The van der Waals surface area contributed by atoms with E-state index in [-0.39, 0.29) is 24.1 Å². The van der Waals surface area contributed by atoms with Crippen LogP contribution < -0.4 is 15.5 Å². The number of rotatable bonds is 7. The Kier molecular flexibility index (Phi) is 6.84. The minimum absolute atomic E-state index is 0.0430. The molecule has 2 aromatic carbocycles. The predicted molar refractivity (Wildman–Crippen MR) is 130 cm³/mol. The number of thiazole rings is 1. The number of amides is 3. The van der Waals surface area contributed by atoms with Gasteiger partial charge in [0.05, 0.1) is 11.6 Å². The van der Waals surface area contributed by atoms with Crippen molar-refractivity contribution in [2.24, 2.45) is 5.92 Å². The molecule has 1 atom stereocenters. The topological polar surface area (TPSA) is 91.4 Å². The number of aryl methyl sites for hydroxylation is 1. The lowest BCUT2D eigenvalue weighted by atomic mass is 10.1. The number of hydrogen-bond donors (Lipinski definition) is 2. The molecule has 3 amide bonds. The summed E-state index contributed by atoms with van der Waals surface area (Å²) in [4.78, 5) is 42.6. The zero-order valence-corrected chi connectivity index (χ0v) is 19.4. The first-order valence-corrected chi connectivity index (χ1v) is 11.8. The molecule has 7 nitrogen and oxygen atoms in total. The molecule has 8 heteroatoms. The van der Waals surface area contributed by atoms with E-state index >= 15 is 0 Å². The highest BCUT2D eigenvalue weighted by Crippen LogP contribution is 2.29. The van der Waals surface area contributed by atoms with Crippen LogP contribution in [0.1, 0.15) is 31.4 Å². The highest BCUT2D eigenvalue weighted by Gasteiger charge is 2.35. The van der Waals surface area contributed by atoms with Crippen molar-refractivity contribution >= 4 is 39.9 Å². The molecule has 2 heterocycles. The van der Waals surface area contributed by atoms with Crippen molar-refractivity contribution in [3.8, 4) is 11.3 Å². The number of aromatic nitrogens is 1. The summed E-state index contributed by atoms with van der Waals surface area (Å²) in [6, 6.07) is 15.7. The predicted octanol–water partition coefficient (Wildman–Crippen LogP) is 4.00. The van der Waals surface area contributed by atoms with E-state index in [0.29, 0.717) is 18.2 Å². The van der Waals surface area contributed by atoms with Crippen LogP contribution in [0.4, 0.5) is 10.8 Å². The minimum Gasteiger partial charge on any atom is -0.352 e. The van der Waals surface area contributed by atoms with Gasteiger partial charge in [-0.25, -0.2) is 4.98 Å². The molecule has 0 aliphatic carbocycles. The second kappa shape index (κ2) is 9.95. The summed E-state index contributed by atoms with van der Waals surface area (Å²) in [7, 11) is 0. The third kappa shape index (κ3) is 5.46. The Bertz CT molecular complexity index is 1160. The summed E-state index contributed by atoms with van der Waals surface area (Å²) in [5, 5.41) is 8.04. The Balaban J connectivity index is 1.36. The fourth-order valence-electron chi connectivity index (χ4n) is 3.74. The number of hydrogen-bond acceptors (Lipinski definition) is 5. The molecule has 1 aromatic heterocycles. The molecule has 0 bridgehead atoms. The first kappa shape index (κ1) is 22.7. The molecule has 0 radical (unpaired) electrons. The van der Waals surface area contributed by atoms with E-state index in [2.05, 4.69) is 22.5 Å². The van der Waals surface area contributed by atoms with Crippen LogP contribution in [-0.4, -0.2) is 29.3 Å². The van der Waals surface area contributed by atoms with Crippen LogP contribution in [0.15, 0.2) is 53.9 Å². The van der Waals surface area contributed by atoms with Crippen LogP contribution >= 0.6 is 11.3 Å². The van der Waals surface area contributed by atoms with Gasteiger partial charge < -0.3 is 15.5 Å². The lowest BCUT2D eigenvalue weighted by Crippen LogP contribution is -2.28. The summed E-state index contributed by atoms with van der Waals surface area (Å²) >= 11 is 1.35. The lowest BCUT2D eigenvalue weighted by Gasteiger charge is -2.17. The van der Waals surface area contributed by atoms with Gasteiger partial charge >= 0.3 is 0 Å². The third-order valence-corrected chi connectivity index (χ3v) is 6.44. The fourth-order valence-corrected chi connectivity index (χ4v) is 4.46. The molecule has 4 rings (SSSR count). The van der Waals surface area contributed by atoms with Crippen molar-refractivity contribution < 1.29 is 14.4 Å². The molecular weight excluding hydrogens is 436 g/mol. The zero-order chi connectivity index (χ0) is 23.4. The van der Waals surface area contributed by atoms with Gasteiger partial charge in [-0.3, -0.25) is 14.4 Å². The van der Waals surface area contributed by atoms with Crippen LogP contribution in [0.2, 0.25) is 0 Å². The second-order valence-electron chi connectivity index (χ2n) is 8.06. The molecule has 1 saturated heterocycles. The summed E-state index contributed by atoms with van der Waals surface area (Å²) in [5.41, 5.74) is 4.72. The van der Waals surface area contributed by atoms with Crippen molar-refractivity contribution in [3.63, 3.8) is 0 Å². The monoisotopic (exact) mass is 462 g/mol. The Morgan fingerprint density at radius 2 is 1.79 bits per heavy atom. The van der Waals surface area contributed by atoms with Crippen LogP contribution in [-0.2, 0) is 27.3 Å². The normalized spacial score (nSPS) is 15.5. The van der Waals surface area contributed by atoms with Gasteiger partial charge in [-0.1, -0.05) is 43.3 Å². The van der Waals surface area contributed by atoms with Crippen molar-refractivity contribution in [1.82, 2.24) is 10.3 Å². The Morgan fingerprint density at radius 3 is 2.45 bits per heavy atom. The molecule has 170 valence electrons. The smallest absolute Gasteiger partial charge is 0.231 e. The van der Waals surface area contributed by atoms with Gasteiger partial charge in [-0.05, 0) is 29.7 Å². The number of carbonyl (C=O) groups is 3. The standard InChI is InChI=1S/C25H26N4O3S/c1-3-17-6-10-21(11-7-17)29-14-20(12-23(29)31)24(32)28-25-27-22(15-33-25)19-8-4-18(5-9-19)13-26-16(2)30/h4-11,15,20H,3,12-14H2,1-2H3,(H,26,30)(H,27,28,32). The number of carbonyl (C=O) groups excluding carboxylic acids is 3. The van der Waals surface area contributed by atoms with E-state index in [9.17, 15) is 14.4 Å². The number of nitrogens with zero attached hydrogens (tertiary/aromatic N) is 2. The average Bonchev–Trinajstić information content (AvgIpc) is 3.45. The molecule has 2 N–H and O–H groups in total. The van der Waals surface area contributed by atoms with Crippen molar-refractivity contribution in [3.05, 3.63) is 65.0 Å². The molecule has 1 aliphatic heterocycles. The first-order valence-electron chi connectivity index (χ1n) is 10.9. The van der Waals surface area contributed by atoms with Crippen LogP contribution in [0, 0.1) is 5.92 Å². The van der Waals surface area contributed by atoms with Gasteiger partial charge in [-0.15, -0.1) is 11.3 Å². The van der Waals surface area contributed by atoms with E-state index in [1.54, 1.807) is 4.90 Å².